The van der Waals surface area contributed by atoms with Crippen LogP contribution in [0.1, 0.15) is 0 Å². The predicted molar refractivity (Wildman–Crippen MR) is 213 cm³/mol. The van der Waals surface area contributed by atoms with Crippen molar-refractivity contribution in [1.29, 1.82) is 0 Å². The molecule has 0 aliphatic carbocycles. The summed E-state index contributed by atoms with van der Waals surface area (Å²) in [5.41, 5.74) is 10.6. The molecule has 10 rings (SSSR count). The molecular formula is C47H31N5. The van der Waals surface area contributed by atoms with Crippen LogP contribution in [0.2, 0.25) is 0 Å². The summed E-state index contributed by atoms with van der Waals surface area (Å²) in [4.78, 5) is 15.3. The molecule has 0 aliphatic rings. The second kappa shape index (κ2) is 12.3. The van der Waals surface area contributed by atoms with E-state index in [2.05, 4.69) is 161 Å². The van der Waals surface area contributed by atoms with E-state index in [4.69, 9.17) is 15.0 Å². The van der Waals surface area contributed by atoms with E-state index in [9.17, 15) is 0 Å². The molecule has 5 heteroatoms. The molecule has 0 bridgehead atoms. The van der Waals surface area contributed by atoms with Gasteiger partial charge in [-0.15, -0.1) is 0 Å². The highest BCUT2D eigenvalue weighted by molar-refractivity contribution is 6.09. The summed E-state index contributed by atoms with van der Waals surface area (Å²) in [6, 6.07) is 63.5. The molecule has 0 unspecified atom stereocenters. The van der Waals surface area contributed by atoms with Gasteiger partial charge in [0.15, 0.2) is 17.5 Å². The SMILES string of the molecule is c1ccc(-c2cc(-c3nc(-c4ccccc4)nc(-c4ccc(-n5c6ccccc6c6ccccc65)cc4)n3)cc(-n3ccc4ccccc43)c2)cc1. The number of para-hydroxylation sites is 3. The van der Waals surface area contributed by atoms with Crippen LogP contribution in [0.4, 0.5) is 0 Å². The van der Waals surface area contributed by atoms with E-state index in [0.717, 1.165) is 44.7 Å². The minimum absolute atomic E-state index is 0.617. The summed E-state index contributed by atoms with van der Waals surface area (Å²) in [6.07, 6.45) is 2.13. The molecule has 244 valence electrons. The van der Waals surface area contributed by atoms with E-state index >= 15 is 0 Å². The van der Waals surface area contributed by atoms with E-state index in [-0.39, 0.29) is 0 Å². The standard InChI is InChI=1S/C47H31N5/c1-3-13-32(14-4-1)36-29-37(31-39(30-36)51-28-27-33-15-7-10-20-42(33)51)47-49-45(34-16-5-2-6-17-34)48-46(50-47)35-23-25-38(26-24-35)52-43-21-11-8-18-40(43)41-19-9-12-22-44(41)52/h1-31H. The predicted octanol–water partition coefficient (Wildman–Crippen LogP) is 11.6. The number of hydrogen-bond acceptors (Lipinski definition) is 3. The molecule has 52 heavy (non-hydrogen) atoms. The highest BCUT2D eigenvalue weighted by atomic mass is 15.0. The highest BCUT2D eigenvalue weighted by Crippen LogP contribution is 2.34. The fourth-order valence-corrected chi connectivity index (χ4v) is 7.30. The van der Waals surface area contributed by atoms with Crippen LogP contribution in [-0.4, -0.2) is 24.1 Å². The minimum atomic E-state index is 0.617. The number of aromatic nitrogens is 5. The molecular weight excluding hydrogens is 635 g/mol. The van der Waals surface area contributed by atoms with Crippen molar-refractivity contribution in [1.82, 2.24) is 24.1 Å². The Labute approximate surface area is 300 Å². The van der Waals surface area contributed by atoms with Gasteiger partial charge in [0.2, 0.25) is 0 Å². The van der Waals surface area contributed by atoms with Crippen LogP contribution in [0, 0.1) is 0 Å². The molecule has 0 atom stereocenters. The zero-order chi connectivity index (χ0) is 34.4. The topological polar surface area (TPSA) is 48.5 Å². The van der Waals surface area contributed by atoms with E-state index in [1.165, 1.54) is 27.2 Å². The first-order valence-corrected chi connectivity index (χ1v) is 17.4. The first-order chi connectivity index (χ1) is 25.8. The van der Waals surface area contributed by atoms with Crippen LogP contribution in [0.3, 0.4) is 0 Å². The van der Waals surface area contributed by atoms with E-state index < -0.39 is 0 Å². The molecule has 0 amide bonds. The van der Waals surface area contributed by atoms with Gasteiger partial charge in [0, 0.05) is 45.0 Å². The quantitative estimate of drug-likeness (QED) is 0.178. The lowest BCUT2D eigenvalue weighted by Crippen LogP contribution is -2.02. The Kier molecular flexibility index (Phi) is 7.07. The summed E-state index contributed by atoms with van der Waals surface area (Å²) in [5.74, 6) is 1.87. The molecule has 3 aromatic heterocycles. The summed E-state index contributed by atoms with van der Waals surface area (Å²) in [6.45, 7) is 0. The molecule has 3 heterocycles. The van der Waals surface area contributed by atoms with Gasteiger partial charge in [0.25, 0.3) is 0 Å². The normalized spacial score (nSPS) is 11.5. The van der Waals surface area contributed by atoms with Crippen molar-refractivity contribution in [2.45, 2.75) is 0 Å². The van der Waals surface area contributed by atoms with Crippen LogP contribution < -0.4 is 0 Å². The Balaban J connectivity index is 1.14. The summed E-state index contributed by atoms with van der Waals surface area (Å²) < 4.78 is 4.56. The summed E-state index contributed by atoms with van der Waals surface area (Å²) in [5, 5.41) is 3.66. The van der Waals surface area contributed by atoms with Crippen LogP contribution in [0.25, 0.3) is 89.4 Å². The Bertz CT molecular complexity index is 2830. The van der Waals surface area contributed by atoms with E-state index in [1.54, 1.807) is 0 Å². The molecule has 5 nitrogen and oxygen atoms in total. The highest BCUT2D eigenvalue weighted by Gasteiger charge is 2.17. The van der Waals surface area contributed by atoms with Crippen molar-refractivity contribution in [3.63, 3.8) is 0 Å². The van der Waals surface area contributed by atoms with Crippen molar-refractivity contribution >= 4 is 32.7 Å². The Morgan fingerprint density at radius 2 is 0.827 bits per heavy atom. The van der Waals surface area contributed by atoms with Gasteiger partial charge in [0.1, 0.15) is 0 Å². The zero-order valence-electron chi connectivity index (χ0n) is 28.1. The molecule has 0 fully saturated rings. The third-order valence-electron chi connectivity index (χ3n) is 9.79. The second-order valence-corrected chi connectivity index (χ2v) is 13.0. The fourth-order valence-electron chi connectivity index (χ4n) is 7.30. The van der Waals surface area contributed by atoms with Gasteiger partial charge in [-0.3, -0.25) is 0 Å². The Morgan fingerprint density at radius 1 is 0.327 bits per heavy atom. The largest absolute Gasteiger partial charge is 0.317 e. The average molecular weight is 666 g/mol. The van der Waals surface area contributed by atoms with Crippen molar-refractivity contribution in [2.24, 2.45) is 0 Å². The van der Waals surface area contributed by atoms with E-state index in [1.807, 2.05) is 36.4 Å². The maximum Gasteiger partial charge on any atom is 0.164 e. The lowest BCUT2D eigenvalue weighted by atomic mass is 10.0. The van der Waals surface area contributed by atoms with Gasteiger partial charge in [-0.05, 0) is 83.2 Å². The molecule has 0 N–H and O–H groups in total. The van der Waals surface area contributed by atoms with Crippen molar-refractivity contribution in [2.75, 3.05) is 0 Å². The third kappa shape index (κ3) is 5.15. The van der Waals surface area contributed by atoms with Crippen LogP contribution >= 0.6 is 0 Å². The monoisotopic (exact) mass is 665 g/mol. The molecule has 0 spiro atoms. The van der Waals surface area contributed by atoms with Gasteiger partial charge >= 0.3 is 0 Å². The first kappa shape index (κ1) is 29.8. The van der Waals surface area contributed by atoms with Crippen molar-refractivity contribution in [3.05, 3.63) is 188 Å². The lowest BCUT2D eigenvalue weighted by molar-refractivity contribution is 1.07. The third-order valence-corrected chi connectivity index (χ3v) is 9.79. The zero-order valence-corrected chi connectivity index (χ0v) is 28.1. The van der Waals surface area contributed by atoms with Gasteiger partial charge in [-0.1, -0.05) is 115 Å². The van der Waals surface area contributed by atoms with E-state index in [0.29, 0.717) is 17.5 Å². The van der Waals surface area contributed by atoms with Crippen molar-refractivity contribution < 1.29 is 0 Å². The number of nitrogens with zero attached hydrogens (tertiary/aromatic N) is 5. The second-order valence-electron chi connectivity index (χ2n) is 13.0. The number of hydrogen-bond donors (Lipinski definition) is 0. The van der Waals surface area contributed by atoms with Crippen LogP contribution in [0.15, 0.2) is 188 Å². The number of benzene rings is 7. The first-order valence-electron chi connectivity index (χ1n) is 17.4. The lowest BCUT2D eigenvalue weighted by Gasteiger charge is -2.14. The number of fused-ring (bicyclic) bond motifs is 4. The summed E-state index contributed by atoms with van der Waals surface area (Å²) in [7, 11) is 0. The molecule has 0 saturated carbocycles. The molecule has 0 aliphatic heterocycles. The van der Waals surface area contributed by atoms with Gasteiger partial charge in [-0.2, -0.15) is 0 Å². The smallest absolute Gasteiger partial charge is 0.164 e. The van der Waals surface area contributed by atoms with Crippen molar-refractivity contribution in [3.8, 4) is 56.7 Å². The van der Waals surface area contributed by atoms with Gasteiger partial charge in [0.05, 0.1) is 16.6 Å². The Morgan fingerprint density at radius 3 is 1.48 bits per heavy atom. The molecule has 0 saturated heterocycles. The molecule has 10 aromatic rings. The maximum atomic E-state index is 5.17. The summed E-state index contributed by atoms with van der Waals surface area (Å²) >= 11 is 0. The van der Waals surface area contributed by atoms with Gasteiger partial charge < -0.3 is 9.13 Å². The van der Waals surface area contributed by atoms with Crippen LogP contribution in [0.5, 0.6) is 0 Å². The molecule has 7 aromatic carbocycles. The van der Waals surface area contributed by atoms with Crippen LogP contribution in [-0.2, 0) is 0 Å². The molecule has 0 radical (unpaired) electrons. The average Bonchev–Trinajstić information content (AvgIpc) is 3.81. The maximum absolute atomic E-state index is 5.17. The van der Waals surface area contributed by atoms with Gasteiger partial charge in [-0.25, -0.2) is 15.0 Å². The minimum Gasteiger partial charge on any atom is -0.317 e. The Hall–Kier alpha value is -7.11. The fraction of sp³-hybridized carbons (Fsp3) is 0. The number of rotatable bonds is 6.